The number of carbonyl (C=O) groups is 5. The molecule has 2 aromatic carbocycles. The first-order chi connectivity index (χ1) is 16.7. The summed E-state index contributed by atoms with van der Waals surface area (Å²) in [6.07, 6.45) is -0.249. The van der Waals surface area contributed by atoms with E-state index in [0.717, 1.165) is 4.90 Å². The molecule has 10 nitrogen and oxygen atoms in total. The summed E-state index contributed by atoms with van der Waals surface area (Å²) in [5, 5.41) is 6.21. The SMILES string of the molecule is CCOC(=O)c1ccc(N2C(=O)[C@H]3[C@H](CC(N)=O)N[C@@]4(C(=O)Nc5ccc(Cl)cc54)[C@@H]3C2=O)cc1. The standard InChI is InChI=1S/C24H21ClN4O6/c1-2-35-22(33)11-3-6-13(7-4-11)29-20(31)18-16(10-17(26)30)28-24(19(18)21(29)32)14-9-12(25)5-8-15(14)27-23(24)34/h3-9,16,18-19,28H,2,10H2,1H3,(H2,26,30)(H,27,34)/t16-,18-,19-,24+/m0/s1. The fourth-order valence-corrected chi connectivity index (χ4v) is 5.55. The van der Waals surface area contributed by atoms with Gasteiger partial charge < -0.3 is 15.8 Å². The van der Waals surface area contributed by atoms with Gasteiger partial charge in [-0.3, -0.25) is 24.5 Å². The predicted molar refractivity (Wildman–Crippen MR) is 124 cm³/mol. The van der Waals surface area contributed by atoms with E-state index in [9.17, 15) is 24.0 Å². The van der Waals surface area contributed by atoms with E-state index in [1.54, 1.807) is 25.1 Å². The van der Waals surface area contributed by atoms with Gasteiger partial charge in [0.2, 0.25) is 23.6 Å². The van der Waals surface area contributed by atoms with Gasteiger partial charge in [-0.2, -0.15) is 0 Å². The summed E-state index contributed by atoms with van der Waals surface area (Å²) in [5.41, 5.74) is 5.22. The number of carbonyl (C=O) groups excluding carboxylic acids is 5. The molecule has 2 fully saturated rings. The molecule has 11 heteroatoms. The molecule has 0 radical (unpaired) electrons. The molecule has 5 rings (SSSR count). The maximum atomic E-state index is 13.8. The fourth-order valence-electron chi connectivity index (χ4n) is 5.38. The number of halogens is 1. The smallest absolute Gasteiger partial charge is 0.338 e. The number of hydrogen-bond donors (Lipinski definition) is 3. The van der Waals surface area contributed by atoms with Crippen molar-refractivity contribution >= 4 is 52.6 Å². The average molecular weight is 497 g/mol. The number of ether oxygens (including phenoxy) is 1. The number of benzene rings is 2. The van der Waals surface area contributed by atoms with E-state index >= 15 is 0 Å². The van der Waals surface area contributed by atoms with E-state index in [1.807, 2.05) is 0 Å². The molecule has 2 saturated heterocycles. The quantitative estimate of drug-likeness (QED) is 0.417. The Labute approximate surface area is 204 Å². The minimum atomic E-state index is -1.60. The second-order valence-corrected chi connectivity index (χ2v) is 9.09. The molecule has 0 unspecified atom stereocenters. The van der Waals surface area contributed by atoms with E-state index in [2.05, 4.69) is 10.6 Å². The first-order valence-corrected chi connectivity index (χ1v) is 11.4. The second-order valence-electron chi connectivity index (χ2n) is 8.66. The first kappa shape index (κ1) is 23.0. The maximum Gasteiger partial charge on any atom is 0.338 e. The molecular weight excluding hydrogens is 476 g/mol. The molecule has 1 spiro atoms. The van der Waals surface area contributed by atoms with Crippen LogP contribution in [0.25, 0.3) is 0 Å². The largest absolute Gasteiger partial charge is 0.462 e. The number of esters is 1. The molecule has 35 heavy (non-hydrogen) atoms. The number of rotatable bonds is 5. The van der Waals surface area contributed by atoms with Crippen LogP contribution in [0.1, 0.15) is 29.3 Å². The van der Waals surface area contributed by atoms with Crippen molar-refractivity contribution in [1.29, 1.82) is 0 Å². The molecule has 0 saturated carbocycles. The summed E-state index contributed by atoms with van der Waals surface area (Å²) < 4.78 is 4.97. The van der Waals surface area contributed by atoms with Gasteiger partial charge in [-0.05, 0) is 49.4 Å². The lowest BCUT2D eigenvalue weighted by molar-refractivity contribution is -0.130. The molecule has 0 aromatic heterocycles. The van der Waals surface area contributed by atoms with E-state index in [4.69, 9.17) is 22.1 Å². The van der Waals surface area contributed by atoms with Gasteiger partial charge in [0.15, 0.2) is 0 Å². The van der Waals surface area contributed by atoms with Gasteiger partial charge in [0.1, 0.15) is 5.54 Å². The first-order valence-electron chi connectivity index (χ1n) is 11.0. The Kier molecular flexibility index (Phi) is 5.37. The van der Waals surface area contributed by atoms with E-state index < -0.39 is 53.0 Å². The Morgan fingerprint density at radius 1 is 1.11 bits per heavy atom. The van der Waals surface area contributed by atoms with Crippen LogP contribution in [0.15, 0.2) is 42.5 Å². The predicted octanol–water partition coefficient (Wildman–Crippen LogP) is 1.32. The molecule has 0 bridgehead atoms. The summed E-state index contributed by atoms with van der Waals surface area (Å²) in [7, 11) is 0. The van der Waals surface area contributed by atoms with E-state index in [-0.39, 0.29) is 24.3 Å². The number of nitrogens with two attached hydrogens (primary N) is 1. The monoisotopic (exact) mass is 496 g/mol. The van der Waals surface area contributed by atoms with Crippen molar-refractivity contribution < 1.29 is 28.7 Å². The van der Waals surface area contributed by atoms with Crippen LogP contribution < -0.4 is 21.3 Å². The van der Waals surface area contributed by atoms with Crippen LogP contribution in [0.2, 0.25) is 5.02 Å². The lowest BCUT2D eigenvalue weighted by Gasteiger charge is -2.29. The Morgan fingerprint density at radius 2 is 1.83 bits per heavy atom. The third kappa shape index (κ3) is 3.32. The van der Waals surface area contributed by atoms with Gasteiger partial charge in [-0.25, -0.2) is 9.69 Å². The van der Waals surface area contributed by atoms with Crippen molar-refractivity contribution in [2.45, 2.75) is 24.9 Å². The Bertz CT molecular complexity index is 1300. The van der Waals surface area contributed by atoms with Crippen LogP contribution in [0.4, 0.5) is 11.4 Å². The van der Waals surface area contributed by atoms with Crippen LogP contribution in [-0.2, 0) is 29.5 Å². The zero-order chi connectivity index (χ0) is 25.1. The number of primary amides is 1. The Morgan fingerprint density at radius 3 is 2.49 bits per heavy atom. The molecule has 4 amide bonds. The van der Waals surface area contributed by atoms with Gasteiger partial charge in [0.25, 0.3) is 0 Å². The van der Waals surface area contributed by atoms with Crippen LogP contribution in [-0.4, -0.2) is 42.2 Å². The highest BCUT2D eigenvalue weighted by Crippen LogP contribution is 2.54. The number of imide groups is 1. The highest BCUT2D eigenvalue weighted by atomic mass is 35.5. The number of anilines is 2. The number of amides is 4. The topological polar surface area (TPSA) is 148 Å². The zero-order valence-electron chi connectivity index (χ0n) is 18.5. The summed E-state index contributed by atoms with van der Waals surface area (Å²) in [6.45, 7) is 1.89. The molecule has 3 aliphatic heterocycles. The third-order valence-corrected chi connectivity index (χ3v) is 6.97. The van der Waals surface area contributed by atoms with Crippen molar-refractivity contribution in [2.24, 2.45) is 17.6 Å². The lowest BCUT2D eigenvalue weighted by atomic mass is 9.76. The number of hydrogen-bond acceptors (Lipinski definition) is 7. The number of nitrogens with zero attached hydrogens (tertiary/aromatic N) is 1. The molecule has 0 aliphatic carbocycles. The van der Waals surface area contributed by atoms with Gasteiger partial charge in [0, 0.05) is 28.7 Å². The lowest BCUT2D eigenvalue weighted by Crippen LogP contribution is -2.53. The highest BCUT2D eigenvalue weighted by molar-refractivity contribution is 6.31. The van der Waals surface area contributed by atoms with Crippen molar-refractivity contribution in [3.05, 3.63) is 58.6 Å². The van der Waals surface area contributed by atoms with E-state index in [0.29, 0.717) is 16.3 Å². The number of nitrogens with one attached hydrogen (secondary N) is 2. The molecule has 4 atom stereocenters. The number of fused-ring (bicyclic) bond motifs is 4. The highest BCUT2D eigenvalue weighted by Gasteiger charge is 2.70. The van der Waals surface area contributed by atoms with Crippen LogP contribution in [0, 0.1) is 11.8 Å². The molecule has 180 valence electrons. The Balaban J connectivity index is 1.59. The third-order valence-electron chi connectivity index (χ3n) is 6.73. The minimum Gasteiger partial charge on any atom is -0.462 e. The van der Waals surface area contributed by atoms with Crippen LogP contribution in [0.5, 0.6) is 0 Å². The van der Waals surface area contributed by atoms with Gasteiger partial charge >= 0.3 is 5.97 Å². The molecule has 3 aliphatic rings. The summed E-state index contributed by atoms with van der Waals surface area (Å²) in [4.78, 5) is 65.6. The normalized spacial score (nSPS) is 26.6. The van der Waals surface area contributed by atoms with Crippen molar-refractivity contribution in [3.8, 4) is 0 Å². The van der Waals surface area contributed by atoms with Gasteiger partial charge in [-0.15, -0.1) is 0 Å². The van der Waals surface area contributed by atoms with Crippen molar-refractivity contribution in [3.63, 3.8) is 0 Å². The second kappa shape index (κ2) is 8.17. The summed E-state index contributed by atoms with van der Waals surface area (Å²) in [5.74, 6) is -5.05. The molecule has 3 heterocycles. The maximum absolute atomic E-state index is 13.8. The molecular formula is C24H21ClN4O6. The van der Waals surface area contributed by atoms with Crippen LogP contribution in [0.3, 0.4) is 0 Å². The minimum absolute atomic E-state index is 0.205. The average Bonchev–Trinajstić information content (AvgIpc) is 3.38. The molecule has 4 N–H and O–H groups in total. The summed E-state index contributed by atoms with van der Waals surface area (Å²) in [6, 6.07) is 9.77. The Hall–Kier alpha value is -3.76. The zero-order valence-corrected chi connectivity index (χ0v) is 19.3. The van der Waals surface area contributed by atoms with E-state index in [1.165, 1.54) is 24.3 Å². The van der Waals surface area contributed by atoms with Crippen LogP contribution >= 0.6 is 11.6 Å². The van der Waals surface area contributed by atoms with Gasteiger partial charge in [0.05, 0.1) is 29.7 Å². The van der Waals surface area contributed by atoms with Crippen molar-refractivity contribution in [2.75, 3.05) is 16.8 Å². The fraction of sp³-hybridized carbons (Fsp3) is 0.292. The van der Waals surface area contributed by atoms with Crippen molar-refractivity contribution in [1.82, 2.24) is 5.32 Å². The molecule has 2 aromatic rings. The van der Waals surface area contributed by atoms with Gasteiger partial charge in [-0.1, -0.05) is 11.6 Å². The summed E-state index contributed by atoms with van der Waals surface area (Å²) >= 11 is 6.21.